The predicted octanol–water partition coefficient (Wildman–Crippen LogP) is 2.99. The Balaban J connectivity index is 2.94. The summed E-state index contributed by atoms with van der Waals surface area (Å²) in [4.78, 5) is 0. The van der Waals surface area contributed by atoms with Crippen LogP contribution >= 0.6 is 39.1 Å². The van der Waals surface area contributed by atoms with E-state index in [0.29, 0.717) is 20.7 Å². The molecule has 0 radical (unpaired) electrons. The Kier molecular flexibility index (Phi) is 5.36. The van der Waals surface area contributed by atoms with E-state index in [2.05, 4.69) is 21.2 Å². The molecule has 1 unspecified atom stereocenters. The van der Waals surface area contributed by atoms with E-state index in [4.69, 9.17) is 28.5 Å². The zero-order valence-electron chi connectivity index (χ0n) is 8.17. The van der Waals surface area contributed by atoms with Gasteiger partial charge in [0, 0.05) is 11.0 Å². The average Bonchev–Trinajstić information content (AvgIpc) is 2.29. The molecule has 86 valence electrons. The molecule has 1 aromatic rings. The van der Waals surface area contributed by atoms with Crippen molar-refractivity contribution in [3.05, 3.63) is 27.2 Å². The Morgan fingerprint density at radius 2 is 2.25 bits per heavy atom. The molecule has 0 fully saturated rings. The Morgan fingerprint density at radius 3 is 2.81 bits per heavy atom. The molecule has 0 aliphatic rings. The zero-order chi connectivity index (χ0) is 12.1. The average molecular weight is 324 g/mol. The van der Waals surface area contributed by atoms with Crippen LogP contribution in [0, 0.1) is 11.3 Å². The standard InChI is InChI=1S/C10H9BrCl2N2O/c11-8-1-2-9(13)10(7(8)4-14)15-5-6(16)3-12/h1-2,6,15-16H,3,5H2. The Hall–Kier alpha value is -0.470. The van der Waals surface area contributed by atoms with E-state index in [-0.39, 0.29) is 12.4 Å². The quantitative estimate of drug-likeness (QED) is 0.837. The first kappa shape index (κ1) is 13.6. The summed E-state index contributed by atoms with van der Waals surface area (Å²) < 4.78 is 0.655. The molecule has 0 heterocycles. The minimum Gasteiger partial charge on any atom is -0.390 e. The number of benzene rings is 1. The first-order valence-corrected chi connectivity index (χ1v) is 6.16. The van der Waals surface area contributed by atoms with E-state index in [9.17, 15) is 5.11 Å². The van der Waals surface area contributed by atoms with Gasteiger partial charge in [-0.3, -0.25) is 0 Å². The van der Waals surface area contributed by atoms with Crippen LogP contribution in [0.4, 0.5) is 5.69 Å². The second-order valence-corrected chi connectivity index (χ2v) is 4.65. The van der Waals surface area contributed by atoms with Crippen molar-refractivity contribution < 1.29 is 5.11 Å². The molecule has 1 rings (SSSR count). The lowest BCUT2D eigenvalue weighted by molar-refractivity contribution is 0.211. The molecule has 1 aromatic carbocycles. The number of aliphatic hydroxyl groups is 1. The van der Waals surface area contributed by atoms with E-state index < -0.39 is 6.10 Å². The maximum atomic E-state index is 9.31. The molecule has 0 spiro atoms. The summed E-state index contributed by atoms with van der Waals surface area (Å²) in [6.45, 7) is 0.244. The first-order valence-electron chi connectivity index (χ1n) is 4.46. The van der Waals surface area contributed by atoms with Gasteiger partial charge in [0.05, 0.1) is 28.3 Å². The summed E-state index contributed by atoms with van der Waals surface area (Å²) in [6.07, 6.45) is -0.678. The Bertz CT molecular complexity index is 420. The van der Waals surface area contributed by atoms with Gasteiger partial charge in [0.15, 0.2) is 0 Å². The van der Waals surface area contributed by atoms with Gasteiger partial charge in [0.1, 0.15) is 6.07 Å². The monoisotopic (exact) mass is 322 g/mol. The molecule has 0 saturated heterocycles. The minimum atomic E-state index is -0.678. The number of hydrogen-bond acceptors (Lipinski definition) is 3. The molecule has 0 saturated carbocycles. The second-order valence-electron chi connectivity index (χ2n) is 3.08. The van der Waals surface area contributed by atoms with Crippen molar-refractivity contribution in [2.24, 2.45) is 0 Å². The number of halogens is 3. The van der Waals surface area contributed by atoms with Gasteiger partial charge >= 0.3 is 0 Å². The summed E-state index contributed by atoms with van der Waals surface area (Å²) >= 11 is 14.7. The summed E-state index contributed by atoms with van der Waals surface area (Å²) in [5, 5.41) is 21.6. The number of nitrogens with one attached hydrogen (secondary N) is 1. The number of nitriles is 1. The molecule has 3 nitrogen and oxygen atoms in total. The smallest absolute Gasteiger partial charge is 0.103 e. The van der Waals surface area contributed by atoms with Crippen LogP contribution in [-0.4, -0.2) is 23.6 Å². The topological polar surface area (TPSA) is 56.0 Å². The Morgan fingerprint density at radius 1 is 1.56 bits per heavy atom. The maximum Gasteiger partial charge on any atom is 0.103 e. The van der Waals surface area contributed by atoms with Crippen LogP contribution in [0.1, 0.15) is 5.56 Å². The van der Waals surface area contributed by atoms with Crippen molar-refractivity contribution >= 4 is 44.8 Å². The lowest BCUT2D eigenvalue weighted by Crippen LogP contribution is -2.21. The maximum absolute atomic E-state index is 9.31. The van der Waals surface area contributed by atoms with Crippen LogP contribution < -0.4 is 5.32 Å². The summed E-state index contributed by atoms with van der Waals surface area (Å²) in [7, 11) is 0. The number of rotatable bonds is 4. The van der Waals surface area contributed by atoms with Gasteiger partial charge in [-0.25, -0.2) is 0 Å². The van der Waals surface area contributed by atoms with E-state index >= 15 is 0 Å². The summed E-state index contributed by atoms with van der Waals surface area (Å²) in [6, 6.07) is 5.40. The highest BCUT2D eigenvalue weighted by atomic mass is 79.9. The molecular weight excluding hydrogens is 315 g/mol. The third-order valence-corrected chi connectivity index (χ3v) is 3.24. The SMILES string of the molecule is N#Cc1c(Br)ccc(Cl)c1NCC(O)CCl. The number of nitrogens with zero attached hydrogens (tertiary/aromatic N) is 1. The molecule has 0 aliphatic carbocycles. The van der Waals surface area contributed by atoms with Crippen molar-refractivity contribution in [2.45, 2.75) is 6.10 Å². The Labute approximate surface area is 112 Å². The third-order valence-electron chi connectivity index (χ3n) is 1.91. The third kappa shape index (κ3) is 3.26. The van der Waals surface area contributed by atoms with Crippen molar-refractivity contribution in [1.82, 2.24) is 0 Å². The number of alkyl halides is 1. The van der Waals surface area contributed by atoms with E-state index in [0.717, 1.165) is 0 Å². The summed E-state index contributed by atoms with van der Waals surface area (Å²) in [5.41, 5.74) is 0.914. The van der Waals surface area contributed by atoms with Crippen LogP contribution in [0.3, 0.4) is 0 Å². The molecule has 2 N–H and O–H groups in total. The molecular formula is C10H9BrCl2N2O. The van der Waals surface area contributed by atoms with Crippen LogP contribution in [0.5, 0.6) is 0 Å². The van der Waals surface area contributed by atoms with Gasteiger partial charge in [0.2, 0.25) is 0 Å². The zero-order valence-corrected chi connectivity index (χ0v) is 11.3. The largest absolute Gasteiger partial charge is 0.390 e. The highest BCUT2D eigenvalue weighted by molar-refractivity contribution is 9.10. The van der Waals surface area contributed by atoms with E-state index in [1.807, 2.05) is 6.07 Å². The van der Waals surface area contributed by atoms with Crippen molar-refractivity contribution in [3.8, 4) is 6.07 Å². The van der Waals surface area contributed by atoms with Gasteiger partial charge in [-0.05, 0) is 28.1 Å². The molecule has 0 aromatic heterocycles. The van der Waals surface area contributed by atoms with Crippen LogP contribution in [-0.2, 0) is 0 Å². The molecule has 16 heavy (non-hydrogen) atoms. The lowest BCUT2D eigenvalue weighted by Gasteiger charge is -2.13. The van der Waals surface area contributed by atoms with Crippen LogP contribution in [0.15, 0.2) is 16.6 Å². The second kappa shape index (κ2) is 6.31. The van der Waals surface area contributed by atoms with Crippen molar-refractivity contribution in [3.63, 3.8) is 0 Å². The molecule has 6 heteroatoms. The van der Waals surface area contributed by atoms with Crippen molar-refractivity contribution in [1.29, 1.82) is 5.26 Å². The molecule has 0 bridgehead atoms. The predicted molar refractivity (Wildman–Crippen MR) is 69.1 cm³/mol. The minimum absolute atomic E-state index is 0.126. The molecule has 0 aliphatic heterocycles. The number of aliphatic hydroxyl groups excluding tert-OH is 1. The van der Waals surface area contributed by atoms with Gasteiger partial charge < -0.3 is 10.4 Å². The van der Waals surface area contributed by atoms with Gasteiger partial charge in [-0.1, -0.05) is 11.6 Å². The van der Waals surface area contributed by atoms with Crippen molar-refractivity contribution in [2.75, 3.05) is 17.7 Å². The van der Waals surface area contributed by atoms with E-state index in [1.165, 1.54) is 0 Å². The fraction of sp³-hybridized carbons (Fsp3) is 0.300. The van der Waals surface area contributed by atoms with E-state index in [1.54, 1.807) is 12.1 Å². The van der Waals surface area contributed by atoms with Gasteiger partial charge in [-0.2, -0.15) is 5.26 Å². The first-order chi connectivity index (χ1) is 7.60. The molecule has 1 atom stereocenters. The van der Waals surface area contributed by atoms with Crippen LogP contribution in [0.25, 0.3) is 0 Å². The molecule has 0 amide bonds. The fourth-order valence-electron chi connectivity index (χ4n) is 1.11. The fourth-order valence-corrected chi connectivity index (χ4v) is 1.86. The highest BCUT2D eigenvalue weighted by Crippen LogP contribution is 2.31. The van der Waals surface area contributed by atoms with Crippen LogP contribution in [0.2, 0.25) is 5.02 Å². The number of hydrogen-bond donors (Lipinski definition) is 2. The number of anilines is 1. The van der Waals surface area contributed by atoms with Gasteiger partial charge in [-0.15, -0.1) is 11.6 Å². The van der Waals surface area contributed by atoms with Gasteiger partial charge in [0.25, 0.3) is 0 Å². The lowest BCUT2D eigenvalue weighted by atomic mass is 10.2. The summed E-state index contributed by atoms with van der Waals surface area (Å²) in [5.74, 6) is 0.126. The highest BCUT2D eigenvalue weighted by Gasteiger charge is 2.11. The normalized spacial score (nSPS) is 11.9.